The molecule has 0 bridgehead atoms. The average Bonchev–Trinajstić information content (AvgIpc) is 3.16. The van der Waals surface area contributed by atoms with Crippen LogP contribution in [0.3, 0.4) is 0 Å². The first-order valence-electron chi connectivity index (χ1n) is 8.29. The van der Waals surface area contributed by atoms with Gasteiger partial charge in [-0.3, -0.25) is 0 Å². The van der Waals surface area contributed by atoms with Gasteiger partial charge < -0.3 is 9.72 Å². The third kappa shape index (κ3) is 3.34. The number of benzene rings is 3. The maximum Gasteiger partial charge on any atom is 0.208 e. The Labute approximate surface area is 159 Å². The third-order valence-electron chi connectivity index (χ3n) is 4.22. The van der Waals surface area contributed by atoms with E-state index in [1.54, 1.807) is 24.3 Å². The van der Waals surface area contributed by atoms with E-state index in [-0.39, 0.29) is 22.1 Å². The fourth-order valence-corrected chi connectivity index (χ4v) is 4.22. The Hall–Kier alpha value is -3.26. The van der Waals surface area contributed by atoms with Crippen LogP contribution in [0.2, 0.25) is 0 Å². The van der Waals surface area contributed by atoms with E-state index in [2.05, 4.69) is 9.97 Å². The summed E-state index contributed by atoms with van der Waals surface area (Å²) in [7, 11) is -3.76. The van der Waals surface area contributed by atoms with Crippen LogP contribution in [0.1, 0.15) is 5.56 Å². The number of halogens is 2. The molecule has 3 aromatic carbocycles. The van der Waals surface area contributed by atoms with Crippen molar-refractivity contribution in [2.45, 2.75) is 16.4 Å². The molecule has 4 aromatic rings. The second-order valence-electron chi connectivity index (χ2n) is 6.07. The number of sulfone groups is 1. The molecule has 0 aliphatic heterocycles. The Balaban J connectivity index is 1.56. The van der Waals surface area contributed by atoms with E-state index >= 15 is 0 Å². The first-order chi connectivity index (χ1) is 13.4. The normalized spacial score (nSPS) is 11.6. The minimum Gasteiger partial charge on any atom is -0.486 e. The number of fused-ring (bicyclic) bond motifs is 1. The van der Waals surface area contributed by atoms with Crippen molar-refractivity contribution in [1.82, 2.24) is 9.97 Å². The number of hydrogen-bond donors (Lipinski definition) is 1. The molecule has 0 saturated heterocycles. The molecule has 0 spiro atoms. The highest BCUT2D eigenvalue weighted by molar-refractivity contribution is 7.91. The van der Waals surface area contributed by atoms with Gasteiger partial charge in [-0.15, -0.1) is 0 Å². The zero-order chi connectivity index (χ0) is 19.7. The molecule has 0 aliphatic carbocycles. The van der Waals surface area contributed by atoms with Crippen molar-refractivity contribution >= 4 is 20.9 Å². The lowest BCUT2D eigenvalue weighted by Gasteiger charge is -2.09. The molecular weight excluding hydrogens is 386 g/mol. The molecule has 1 N–H and O–H groups in total. The summed E-state index contributed by atoms with van der Waals surface area (Å²) in [5.41, 5.74) is 1.65. The first-order valence-corrected chi connectivity index (χ1v) is 9.77. The van der Waals surface area contributed by atoms with Crippen molar-refractivity contribution in [3.8, 4) is 5.75 Å². The molecule has 1 aromatic heterocycles. The number of H-pyrrole nitrogens is 1. The Kier molecular flexibility index (Phi) is 4.56. The SMILES string of the molecule is O=S(=O)(c1ccc(COc2ccc(F)cc2F)cc1)c1cccc2[nH]cnc12. The van der Waals surface area contributed by atoms with Gasteiger partial charge in [0, 0.05) is 6.07 Å². The van der Waals surface area contributed by atoms with Gasteiger partial charge in [0.15, 0.2) is 11.6 Å². The fourth-order valence-electron chi connectivity index (χ4n) is 2.80. The van der Waals surface area contributed by atoms with Gasteiger partial charge in [0.05, 0.1) is 21.6 Å². The van der Waals surface area contributed by atoms with Crippen molar-refractivity contribution in [2.75, 3.05) is 0 Å². The third-order valence-corrected chi connectivity index (χ3v) is 6.03. The van der Waals surface area contributed by atoms with Gasteiger partial charge in [0.25, 0.3) is 0 Å². The van der Waals surface area contributed by atoms with Gasteiger partial charge in [0.1, 0.15) is 17.9 Å². The van der Waals surface area contributed by atoms with Gasteiger partial charge >= 0.3 is 0 Å². The molecule has 0 unspecified atom stereocenters. The second-order valence-corrected chi connectivity index (χ2v) is 7.98. The molecule has 0 radical (unpaired) electrons. The Morgan fingerprint density at radius 3 is 2.54 bits per heavy atom. The Morgan fingerprint density at radius 1 is 1.00 bits per heavy atom. The predicted molar refractivity (Wildman–Crippen MR) is 98.7 cm³/mol. The van der Waals surface area contributed by atoms with Crippen LogP contribution in [-0.4, -0.2) is 18.4 Å². The van der Waals surface area contributed by atoms with Gasteiger partial charge in [-0.25, -0.2) is 22.2 Å². The zero-order valence-corrected chi connectivity index (χ0v) is 15.2. The van der Waals surface area contributed by atoms with Gasteiger partial charge in [-0.2, -0.15) is 0 Å². The number of ether oxygens (including phenoxy) is 1. The Morgan fingerprint density at radius 2 is 1.79 bits per heavy atom. The van der Waals surface area contributed by atoms with Crippen LogP contribution in [-0.2, 0) is 16.4 Å². The van der Waals surface area contributed by atoms with E-state index in [1.807, 2.05) is 0 Å². The summed E-state index contributed by atoms with van der Waals surface area (Å²) in [5.74, 6) is -1.57. The number of hydrogen-bond acceptors (Lipinski definition) is 4. The van der Waals surface area contributed by atoms with E-state index in [0.717, 1.165) is 12.1 Å². The van der Waals surface area contributed by atoms with Gasteiger partial charge in [-0.1, -0.05) is 18.2 Å². The van der Waals surface area contributed by atoms with Crippen LogP contribution in [0.5, 0.6) is 5.75 Å². The molecule has 1 heterocycles. The quantitative estimate of drug-likeness (QED) is 0.544. The van der Waals surface area contributed by atoms with E-state index < -0.39 is 21.5 Å². The summed E-state index contributed by atoms with van der Waals surface area (Å²) < 4.78 is 57.7. The highest BCUT2D eigenvalue weighted by Crippen LogP contribution is 2.27. The van der Waals surface area contributed by atoms with Gasteiger partial charge in [0.2, 0.25) is 9.84 Å². The predicted octanol–water partition coefficient (Wildman–Crippen LogP) is 4.25. The molecule has 4 rings (SSSR count). The van der Waals surface area contributed by atoms with Crippen molar-refractivity contribution in [3.63, 3.8) is 0 Å². The van der Waals surface area contributed by atoms with Crippen LogP contribution in [0.25, 0.3) is 11.0 Å². The zero-order valence-electron chi connectivity index (χ0n) is 14.4. The highest BCUT2D eigenvalue weighted by atomic mass is 32.2. The van der Waals surface area contributed by atoms with Crippen LogP contribution >= 0.6 is 0 Å². The number of para-hydroxylation sites is 1. The molecule has 0 fully saturated rings. The number of imidazole rings is 1. The minimum absolute atomic E-state index is 0.0117. The average molecular weight is 400 g/mol. The summed E-state index contributed by atoms with van der Waals surface area (Å²) in [4.78, 5) is 7.20. The fraction of sp³-hybridized carbons (Fsp3) is 0.0500. The van der Waals surface area contributed by atoms with E-state index in [9.17, 15) is 17.2 Å². The number of aromatic amines is 1. The molecule has 142 valence electrons. The van der Waals surface area contributed by atoms with Crippen LogP contribution < -0.4 is 4.74 Å². The summed E-state index contributed by atoms with van der Waals surface area (Å²) in [5, 5.41) is 0. The topological polar surface area (TPSA) is 72.1 Å². The highest BCUT2D eigenvalue weighted by Gasteiger charge is 2.21. The molecule has 0 saturated carbocycles. The maximum atomic E-state index is 13.6. The van der Waals surface area contributed by atoms with Crippen LogP contribution in [0, 0.1) is 11.6 Å². The van der Waals surface area contributed by atoms with Crippen molar-refractivity contribution in [3.05, 3.63) is 84.2 Å². The molecular formula is C20H14F2N2O3S. The Bertz CT molecular complexity index is 1250. The summed E-state index contributed by atoms with van der Waals surface area (Å²) in [6.45, 7) is 0.0117. The van der Waals surface area contributed by atoms with Crippen molar-refractivity contribution < 1.29 is 21.9 Å². The van der Waals surface area contributed by atoms with Crippen LogP contribution in [0.4, 0.5) is 8.78 Å². The lowest BCUT2D eigenvalue weighted by Crippen LogP contribution is -2.04. The molecule has 8 heteroatoms. The van der Waals surface area contributed by atoms with Gasteiger partial charge in [-0.05, 0) is 42.0 Å². The van der Waals surface area contributed by atoms with E-state index in [1.165, 1.54) is 30.6 Å². The summed E-state index contributed by atoms with van der Waals surface area (Å²) >= 11 is 0. The number of nitrogens with zero attached hydrogens (tertiary/aromatic N) is 1. The van der Waals surface area contributed by atoms with E-state index in [0.29, 0.717) is 16.6 Å². The minimum atomic E-state index is -3.76. The van der Waals surface area contributed by atoms with Crippen molar-refractivity contribution in [1.29, 1.82) is 0 Å². The first kappa shape index (κ1) is 18.1. The summed E-state index contributed by atoms with van der Waals surface area (Å²) in [6, 6.07) is 14.0. The maximum absolute atomic E-state index is 13.6. The number of aromatic nitrogens is 2. The van der Waals surface area contributed by atoms with E-state index in [4.69, 9.17) is 4.74 Å². The number of nitrogens with one attached hydrogen (secondary N) is 1. The monoisotopic (exact) mass is 400 g/mol. The van der Waals surface area contributed by atoms with Crippen molar-refractivity contribution in [2.24, 2.45) is 0 Å². The van der Waals surface area contributed by atoms with Crippen LogP contribution in [0.15, 0.2) is 76.8 Å². The standard InChI is InChI=1S/C20H14F2N2O3S/c21-14-6-9-18(16(22)10-14)27-11-13-4-7-15(8-5-13)28(25,26)19-3-1-2-17-20(19)24-12-23-17/h1-10,12H,11H2,(H,23,24). The molecule has 0 amide bonds. The smallest absolute Gasteiger partial charge is 0.208 e. The lowest BCUT2D eigenvalue weighted by atomic mass is 10.2. The molecule has 5 nitrogen and oxygen atoms in total. The molecule has 0 atom stereocenters. The second kappa shape index (κ2) is 7.05. The summed E-state index contributed by atoms with van der Waals surface area (Å²) in [6.07, 6.45) is 1.44. The lowest BCUT2D eigenvalue weighted by molar-refractivity contribution is 0.289. The molecule has 28 heavy (non-hydrogen) atoms. The largest absolute Gasteiger partial charge is 0.486 e. The number of rotatable bonds is 5. The molecule has 0 aliphatic rings.